The standard InChI is InChI=1S/C17H27F3N4O3/c1-23-13-12(21)9-16(14(22)25,15(24-13)27-8-7-26-2)10-3-5-11(6-4-10)17(18,19)20/h9-11,15H,3-8,21H2,1-2H3,(H2,22,25)(H,23,24). The molecule has 5 N–H and O–H groups in total. The van der Waals surface area contributed by atoms with Crippen molar-refractivity contribution in [2.24, 2.45) is 33.7 Å². The molecule has 154 valence electrons. The number of amides is 1. The van der Waals surface area contributed by atoms with E-state index in [-0.39, 0.29) is 44.6 Å². The number of alkyl halides is 3. The Morgan fingerprint density at radius 3 is 2.44 bits per heavy atom. The minimum absolute atomic E-state index is 0.0591. The van der Waals surface area contributed by atoms with E-state index in [0.717, 1.165) is 0 Å². The van der Waals surface area contributed by atoms with Crippen LogP contribution in [0.4, 0.5) is 13.2 Å². The molecule has 1 heterocycles. The summed E-state index contributed by atoms with van der Waals surface area (Å²) in [5.41, 5.74) is 10.6. The highest BCUT2D eigenvalue weighted by atomic mass is 19.4. The molecular formula is C17H27F3N4O3. The van der Waals surface area contributed by atoms with Crippen molar-refractivity contribution in [1.82, 2.24) is 5.32 Å². The van der Waals surface area contributed by atoms with Crippen LogP contribution in [-0.4, -0.2) is 51.5 Å². The normalized spacial score (nSPS) is 33.4. The Balaban J connectivity index is 2.34. The highest BCUT2D eigenvalue weighted by Crippen LogP contribution is 2.48. The van der Waals surface area contributed by atoms with Crippen molar-refractivity contribution < 1.29 is 27.4 Å². The molecule has 0 bridgehead atoms. The Bertz CT molecular complexity index is 601. The Morgan fingerprint density at radius 1 is 1.33 bits per heavy atom. The van der Waals surface area contributed by atoms with E-state index in [0.29, 0.717) is 5.84 Å². The summed E-state index contributed by atoms with van der Waals surface area (Å²) in [7, 11) is 3.04. The average Bonchev–Trinajstić information content (AvgIpc) is 2.61. The zero-order chi connectivity index (χ0) is 20.2. The monoisotopic (exact) mass is 392 g/mol. The number of hydrogen-bond donors (Lipinski definition) is 3. The molecule has 1 fully saturated rings. The third-order valence-corrected chi connectivity index (χ3v) is 5.46. The fourth-order valence-electron chi connectivity index (χ4n) is 3.98. The summed E-state index contributed by atoms with van der Waals surface area (Å²) < 4.78 is 49.8. The number of rotatable bonds is 6. The SMILES string of the molecule is CN=C1NC(OCCOC)C(C(N)=O)(C2CCC(C(F)(F)F)CC2)C=C1N. The number of aliphatic imine (C=N–C) groups is 1. The van der Waals surface area contributed by atoms with Gasteiger partial charge >= 0.3 is 6.18 Å². The molecule has 10 heteroatoms. The van der Waals surface area contributed by atoms with Crippen LogP contribution in [0.5, 0.6) is 0 Å². The highest BCUT2D eigenvalue weighted by Gasteiger charge is 2.55. The number of primary amides is 1. The van der Waals surface area contributed by atoms with Gasteiger partial charge in [0.05, 0.1) is 24.8 Å². The molecule has 2 unspecified atom stereocenters. The summed E-state index contributed by atoms with van der Waals surface area (Å²) in [6.07, 6.45) is -3.34. The lowest BCUT2D eigenvalue weighted by atomic mass is 9.63. The number of carbonyl (C=O) groups is 1. The summed E-state index contributed by atoms with van der Waals surface area (Å²) in [4.78, 5) is 16.6. The summed E-state index contributed by atoms with van der Waals surface area (Å²) in [5.74, 6) is -2.13. The Labute approximate surface area is 156 Å². The number of carbonyl (C=O) groups excluding carboxylic acids is 1. The largest absolute Gasteiger partial charge is 0.396 e. The van der Waals surface area contributed by atoms with Crippen molar-refractivity contribution in [2.45, 2.75) is 38.1 Å². The molecule has 1 aliphatic carbocycles. The minimum atomic E-state index is -4.24. The average molecular weight is 392 g/mol. The lowest BCUT2D eigenvalue weighted by Crippen LogP contribution is -2.62. The molecule has 0 spiro atoms. The molecule has 1 aliphatic heterocycles. The van der Waals surface area contributed by atoms with Gasteiger partial charge in [0.2, 0.25) is 5.91 Å². The van der Waals surface area contributed by atoms with E-state index in [1.54, 1.807) is 0 Å². The molecule has 1 amide bonds. The minimum Gasteiger partial charge on any atom is -0.396 e. The maximum atomic E-state index is 13.0. The fourth-order valence-corrected chi connectivity index (χ4v) is 3.98. The Hall–Kier alpha value is -1.81. The first-order valence-electron chi connectivity index (χ1n) is 8.86. The predicted octanol–water partition coefficient (Wildman–Crippen LogP) is 1.29. The first-order valence-corrected chi connectivity index (χ1v) is 8.86. The molecule has 1 saturated carbocycles. The molecule has 0 saturated heterocycles. The molecule has 7 nitrogen and oxygen atoms in total. The van der Waals surface area contributed by atoms with Gasteiger partial charge in [0.25, 0.3) is 0 Å². The number of hydrogen-bond acceptors (Lipinski definition) is 5. The van der Waals surface area contributed by atoms with Crippen LogP contribution in [0.15, 0.2) is 16.8 Å². The van der Waals surface area contributed by atoms with Crippen LogP contribution in [-0.2, 0) is 14.3 Å². The van der Waals surface area contributed by atoms with Gasteiger partial charge in [-0.05, 0) is 37.7 Å². The van der Waals surface area contributed by atoms with Crippen molar-refractivity contribution in [2.75, 3.05) is 27.4 Å². The van der Waals surface area contributed by atoms with Gasteiger partial charge in [0, 0.05) is 14.2 Å². The van der Waals surface area contributed by atoms with Gasteiger partial charge in [-0.15, -0.1) is 0 Å². The summed E-state index contributed by atoms with van der Waals surface area (Å²) >= 11 is 0. The molecular weight excluding hydrogens is 365 g/mol. The van der Waals surface area contributed by atoms with Gasteiger partial charge in [-0.2, -0.15) is 13.2 Å². The number of nitrogens with one attached hydrogen (secondary N) is 1. The van der Waals surface area contributed by atoms with Crippen LogP contribution in [0.25, 0.3) is 0 Å². The van der Waals surface area contributed by atoms with Crippen LogP contribution in [0.1, 0.15) is 25.7 Å². The number of nitrogens with two attached hydrogens (primary N) is 2. The van der Waals surface area contributed by atoms with Crippen LogP contribution in [0.3, 0.4) is 0 Å². The van der Waals surface area contributed by atoms with Crippen LogP contribution < -0.4 is 16.8 Å². The second-order valence-corrected chi connectivity index (χ2v) is 6.95. The van der Waals surface area contributed by atoms with Gasteiger partial charge in [-0.3, -0.25) is 9.79 Å². The first-order chi connectivity index (χ1) is 12.7. The number of ether oxygens (including phenoxy) is 2. The maximum Gasteiger partial charge on any atom is 0.391 e. The van der Waals surface area contributed by atoms with E-state index in [1.807, 2.05) is 0 Å². The van der Waals surface area contributed by atoms with E-state index in [1.165, 1.54) is 20.2 Å². The highest BCUT2D eigenvalue weighted by molar-refractivity contribution is 6.01. The zero-order valence-electron chi connectivity index (χ0n) is 15.5. The van der Waals surface area contributed by atoms with Gasteiger partial charge in [0.15, 0.2) is 0 Å². The van der Waals surface area contributed by atoms with Crippen LogP contribution in [0, 0.1) is 17.3 Å². The fraction of sp³-hybridized carbons (Fsp3) is 0.765. The zero-order valence-corrected chi connectivity index (χ0v) is 15.5. The molecule has 0 radical (unpaired) electrons. The molecule has 0 aromatic heterocycles. The lowest BCUT2D eigenvalue weighted by molar-refractivity contribution is -0.188. The van der Waals surface area contributed by atoms with Crippen molar-refractivity contribution >= 4 is 11.7 Å². The molecule has 27 heavy (non-hydrogen) atoms. The number of halogens is 3. The summed E-state index contributed by atoms with van der Waals surface area (Å²) in [6.45, 7) is 0.456. The summed E-state index contributed by atoms with van der Waals surface area (Å²) in [5, 5.41) is 2.98. The van der Waals surface area contributed by atoms with Crippen molar-refractivity contribution in [3.8, 4) is 0 Å². The first kappa shape index (κ1) is 21.5. The van der Waals surface area contributed by atoms with Gasteiger partial charge in [-0.25, -0.2) is 0 Å². The van der Waals surface area contributed by atoms with Crippen molar-refractivity contribution in [1.29, 1.82) is 0 Å². The Kier molecular flexibility index (Phi) is 6.74. The third-order valence-electron chi connectivity index (χ3n) is 5.46. The second-order valence-electron chi connectivity index (χ2n) is 6.95. The molecule has 0 aromatic rings. The quantitative estimate of drug-likeness (QED) is 0.590. The van der Waals surface area contributed by atoms with Crippen LogP contribution in [0.2, 0.25) is 0 Å². The van der Waals surface area contributed by atoms with E-state index in [4.69, 9.17) is 20.9 Å². The van der Waals surface area contributed by atoms with Gasteiger partial charge < -0.3 is 26.3 Å². The number of methoxy groups -OCH3 is 1. The smallest absolute Gasteiger partial charge is 0.391 e. The predicted molar refractivity (Wildman–Crippen MR) is 93.5 cm³/mol. The molecule has 0 aromatic carbocycles. The van der Waals surface area contributed by atoms with Crippen LogP contribution >= 0.6 is 0 Å². The van der Waals surface area contributed by atoms with Gasteiger partial charge in [0.1, 0.15) is 17.5 Å². The van der Waals surface area contributed by atoms with Gasteiger partial charge in [-0.1, -0.05) is 0 Å². The van der Waals surface area contributed by atoms with E-state index >= 15 is 0 Å². The van der Waals surface area contributed by atoms with Crippen molar-refractivity contribution in [3.63, 3.8) is 0 Å². The topological polar surface area (TPSA) is 112 Å². The third kappa shape index (κ3) is 4.37. The number of nitrogens with zero attached hydrogens (tertiary/aromatic N) is 1. The van der Waals surface area contributed by atoms with E-state index < -0.39 is 35.6 Å². The maximum absolute atomic E-state index is 13.0. The molecule has 2 aliphatic rings. The van der Waals surface area contributed by atoms with Crippen molar-refractivity contribution in [3.05, 3.63) is 11.8 Å². The van der Waals surface area contributed by atoms with E-state index in [2.05, 4.69) is 10.3 Å². The lowest BCUT2D eigenvalue weighted by Gasteiger charge is -2.47. The number of amidine groups is 1. The summed E-state index contributed by atoms with van der Waals surface area (Å²) in [6, 6.07) is 0. The molecule has 2 atom stereocenters. The molecule has 2 rings (SSSR count). The Morgan fingerprint density at radius 2 is 1.96 bits per heavy atom. The van der Waals surface area contributed by atoms with E-state index in [9.17, 15) is 18.0 Å². The second kappa shape index (κ2) is 8.47.